The maximum absolute atomic E-state index is 12.5. The van der Waals surface area contributed by atoms with Gasteiger partial charge in [0.2, 0.25) is 0 Å². The van der Waals surface area contributed by atoms with Crippen LogP contribution in [0.1, 0.15) is 15.9 Å². The largest absolute Gasteiger partial charge is 0.497 e. The van der Waals surface area contributed by atoms with Gasteiger partial charge in [0.15, 0.2) is 5.76 Å². The molecule has 2 rings (SSSR count). The van der Waals surface area contributed by atoms with Gasteiger partial charge >= 0.3 is 5.97 Å². The van der Waals surface area contributed by atoms with Crippen molar-refractivity contribution < 1.29 is 19.0 Å². The van der Waals surface area contributed by atoms with Crippen LogP contribution in [-0.2, 0) is 4.74 Å². The number of thioether (sulfide) groups is 2. The first kappa shape index (κ1) is 19.3. The Balaban J connectivity index is 2.32. The highest BCUT2D eigenvalue weighted by molar-refractivity contribution is 8.21. The summed E-state index contributed by atoms with van der Waals surface area (Å²) in [5.74, 6) is 1.58. The molecule has 132 valence electrons. The summed E-state index contributed by atoms with van der Waals surface area (Å²) >= 11 is 3.08. The number of methoxy groups -OCH3 is 2. The lowest BCUT2D eigenvalue weighted by Gasteiger charge is -2.13. The smallest absolute Gasteiger partial charge is 0.343 e. The molecule has 0 unspecified atom stereocenters. The molecule has 2 aromatic rings. The summed E-state index contributed by atoms with van der Waals surface area (Å²) in [6.45, 7) is 0. The fraction of sp³-hybridized carbons (Fsp3) is 0.211. The zero-order valence-corrected chi connectivity index (χ0v) is 16.2. The Morgan fingerprint density at radius 3 is 1.60 bits per heavy atom. The molecule has 0 aromatic heterocycles. The van der Waals surface area contributed by atoms with Gasteiger partial charge in [-0.2, -0.15) is 0 Å². The highest BCUT2D eigenvalue weighted by atomic mass is 32.2. The van der Waals surface area contributed by atoms with Gasteiger partial charge in [-0.25, -0.2) is 4.79 Å². The Hall–Kier alpha value is -2.05. The Bertz CT molecular complexity index is 731. The van der Waals surface area contributed by atoms with E-state index in [0.717, 1.165) is 15.6 Å². The molecule has 0 heterocycles. The first-order valence-corrected chi connectivity index (χ1v) is 9.90. The topological polar surface area (TPSA) is 44.8 Å². The van der Waals surface area contributed by atoms with E-state index in [1.165, 1.54) is 0 Å². The van der Waals surface area contributed by atoms with Crippen molar-refractivity contribution in [1.82, 2.24) is 0 Å². The van der Waals surface area contributed by atoms with E-state index >= 15 is 0 Å². The lowest BCUT2D eigenvalue weighted by molar-refractivity contribution is 0.0692. The lowest BCUT2D eigenvalue weighted by Crippen LogP contribution is -2.06. The van der Waals surface area contributed by atoms with Gasteiger partial charge in [0, 0.05) is 5.56 Å². The van der Waals surface area contributed by atoms with Crippen molar-refractivity contribution in [3.8, 4) is 11.5 Å². The van der Waals surface area contributed by atoms with E-state index in [1.807, 2.05) is 36.8 Å². The predicted octanol–water partition coefficient (Wildman–Crippen LogP) is 4.91. The number of carbonyl (C=O) groups is 1. The minimum Gasteiger partial charge on any atom is -0.497 e. The van der Waals surface area contributed by atoms with E-state index in [9.17, 15) is 4.79 Å². The number of hydrogen-bond acceptors (Lipinski definition) is 6. The number of ether oxygens (including phenoxy) is 3. The first-order chi connectivity index (χ1) is 12.1. The zero-order chi connectivity index (χ0) is 18.2. The van der Waals surface area contributed by atoms with Crippen LogP contribution in [0.25, 0.3) is 5.76 Å². The molecule has 25 heavy (non-hydrogen) atoms. The van der Waals surface area contributed by atoms with Gasteiger partial charge in [-0.05, 0) is 61.0 Å². The van der Waals surface area contributed by atoms with Crippen molar-refractivity contribution in [2.24, 2.45) is 0 Å². The standard InChI is InChI=1S/C19H20O4S2/c1-21-15-9-5-13(6-10-15)17(19(24-3)25-4)23-18(20)14-7-11-16(22-2)12-8-14/h5-12H,1-4H3. The average molecular weight is 376 g/mol. The van der Waals surface area contributed by atoms with E-state index in [0.29, 0.717) is 17.1 Å². The second-order valence-electron chi connectivity index (χ2n) is 4.87. The molecule has 0 bridgehead atoms. The molecule has 0 atom stereocenters. The molecule has 0 saturated heterocycles. The summed E-state index contributed by atoms with van der Waals surface area (Å²) in [4.78, 5) is 12.5. The monoisotopic (exact) mass is 376 g/mol. The molecule has 0 fully saturated rings. The van der Waals surface area contributed by atoms with Gasteiger partial charge in [-0.15, -0.1) is 23.5 Å². The minimum atomic E-state index is -0.408. The zero-order valence-electron chi connectivity index (χ0n) is 14.6. The van der Waals surface area contributed by atoms with Gasteiger partial charge < -0.3 is 14.2 Å². The summed E-state index contributed by atoms with van der Waals surface area (Å²) in [7, 11) is 3.20. The van der Waals surface area contributed by atoms with Crippen LogP contribution < -0.4 is 9.47 Å². The normalized spacial score (nSPS) is 10.1. The van der Waals surface area contributed by atoms with Crippen molar-refractivity contribution >= 4 is 35.3 Å². The molecule has 4 nitrogen and oxygen atoms in total. The summed E-state index contributed by atoms with van der Waals surface area (Å²) in [5, 5.41) is 0. The van der Waals surface area contributed by atoms with Crippen LogP contribution in [-0.4, -0.2) is 32.7 Å². The third kappa shape index (κ3) is 4.96. The first-order valence-electron chi connectivity index (χ1n) is 7.45. The Labute approximate surface area is 156 Å². The third-order valence-electron chi connectivity index (χ3n) is 3.43. The lowest BCUT2D eigenvalue weighted by atomic mass is 10.2. The quantitative estimate of drug-likeness (QED) is 0.505. The van der Waals surface area contributed by atoms with Crippen LogP contribution in [0, 0.1) is 0 Å². The summed E-state index contributed by atoms with van der Waals surface area (Å²) in [6.07, 6.45) is 3.91. The second kappa shape index (κ2) is 9.44. The number of hydrogen-bond donors (Lipinski definition) is 0. The molecule has 0 aliphatic carbocycles. The summed E-state index contributed by atoms with van der Waals surface area (Å²) in [5.41, 5.74) is 1.29. The molecule has 0 radical (unpaired) electrons. The molecule has 0 aliphatic heterocycles. The van der Waals surface area contributed by atoms with E-state index in [-0.39, 0.29) is 0 Å². The summed E-state index contributed by atoms with van der Waals surface area (Å²) < 4.78 is 17.0. The number of esters is 1. The van der Waals surface area contributed by atoms with Gasteiger partial charge in [0.1, 0.15) is 11.5 Å². The molecular formula is C19H20O4S2. The van der Waals surface area contributed by atoms with Gasteiger partial charge in [-0.1, -0.05) is 0 Å². The van der Waals surface area contributed by atoms with Crippen LogP contribution in [0.3, 0.4) is 0 Å². The van der Waals surface area contributed by atoms with Crippen LogP contribution in [0.15, 0.2) is 52.8 Å². The highest BCUT2D eigenvalue weighted by Gasteiger charge is 2.16. The van der Waals surface area contributed by atoms with E-state index in [4.69, 9.17) is 14.2 Å². The molecule has 0 N–H and O–H groups in total. The third-order valence-corrected chi connectivity index (χ3v) is 5.54. The fourth-order valence-electron chi connectivity index (χ4n) is 2.11. The predicted molar refractivity (Wildman–Crippen MR) is 105 cm³/mol. The Kier molecular flexibility index (Phi) is 7.28. The number of carbonyl (C=O) groups excluding carboxylic acids is 1. The summed E-state index contributed by atoms with van der Waals surface area (Å²) in [6, 6.07) is 14.3. The van der Waals surface area contributed by atoms with Crippen LogP contribution in [0.4, 0.5) is 0 Å². The van der Waals surface area contributed by atoms with Crippen molar-refractivity contribution in [2.45, 2.75) is 0 Å². The Morgan fingerprint density at radius 1 is 0.760 bits per heavy atom. The molecule has 0 spiro atoms. The van der Waals surface area contributed by atoms with Gasteiger partial charge in [0.25, 0.3) is 0 Å². The van der Waals surface area contributed by atoms with Gasteiger partial charge in [-0.3, -0.25) is 0 Å². The maximum atomic E-state index is 12.5. The fourth-order valence-corrected chi connectivity index (χ4v) is 3.46. The molecule has 0 aliphatic rings. The number of rotatable bonds is 7. The van der Waals surface area contributed by atoms with Crippen LogP contribution >= 0.6 is 23.5 Å². The van der Waals surface area contributed by atoms with E-state index in [1.54, 1.807) is 62.0 Å². The Morgan fingerprint density at radius 2 is 1.20 bits per heavy atom. The molecule has 0 saturated carbocycles. The van der Waals surface area contributed by atoms with Crippen LogP contribution in [0.2, 0.25) is 0 Å². The molecule has 0 amide bonds. The highest BCUT2D eigenvalue weighted by Crippen LogP contribution is 2.35. The van der Waals surface area contributed by atoms with E-state index < -0.39 is 5.97 Å². The minimum absolute atomic E-state index is 0.408. The van der Waals surface area contributed by atoms with Crippen molar-refractivity contribution in [2.75, 3.05) is 26.7 Å². The van der Waals surface area contributed by atoms with Crippen molar-refractivity contribution in [1.29, 1.82) is 0 Å². The second-order valence-corrected chi connectivity index (χ2v) is 6.76. The van der Waals surface area contributed by atoms with E-state index in [2.05, 4.69) is 0 Å². The van der Waals surface area contributed by atoms with Crippen LogP contribution in [0.5, 0.6) is 11.5 Å². The average Bonchev–Trinajstić information content (AvgIpc) is 2.68. The SMILES string of the molecule is COc1ccc(C(=O)OC(=C(SC)SC)c2ccc(OC)cc2)cc1. The molecule has 2 aromatic carbocycles. The van der Waals surface area contributed by atoms with Gasteiger partial charge in [0.05, 0.1) is 24.0 Å². The molecular weight excluding hydrogens is 356 g/mol. The molecule has 6 heteroatoms. The number of benzene rings is 2. The van der Waals surface area contributed by atoms with Crippen molar-refractivity contribution in [3.05, 3.63) is 63.9 Å². The van der Waals surface area contributed by atoms with Crippen molar-refractivity contribution in [3.63, 3.8) is 0 Å². The maximum Gasteiger partial charge on any atom is 0.343 e.